The summed E-state index contributed by atoms with van der Waals surface area (Å²) in [5.41, 5.74) is -0.278. The molecule has 1 aromatic carbocycles. The van der Waals surface area contributed by atoms with Gasteiger partial charge in [0.2, 0.25) is 10.0 Å². The van der Waals surface area contributed by atoms with E-state index in [2.05, 4.69) is 19.9 Å². The minimum Gasteiger partial charge on any atom is -0.460 e. The molecule has 0 saturated heterocycles. The average Bonchev–Trinajstić information content (AvgIpc) is 3.26. The summed E-state index contributed by atoms with van der Waals surface area (Å²) in [5.74, 6) is -1.21. The predicted octanol–water partition coefficient (Wildman–Crippen LogP) is 6.33. The Bertz CT molecular complexity index is 1110. The van der Waals surface area contributed by atoms with Crippen LogP contribution >= 0.6 is 0 Å². The molecule has 7 heteroatoms. The molecule has 1 aromatic rings. The van der Waals surface area contributed by atoms with Crippen LogP contribution in [0.3, 0.4) is 0 Å². The summed E-state index contributed by atoms with van der Waals surface area (Å²) in [4.78, 5) is 13.3. The van der Waals surface area contributed by atoms with Crippen LogP contribution in [-0.2, 0) is 19.6 Å². The second-order valence-corrected chi connectivity index (χ2v) is 14.8. The topological polar surface area (TPSA) is 87.5 Å². The maximum absolute atomic E-state index is 14.5. The number of hydrogen-bond donors (Lipinski definition) is 0. The van der Waals surface area contributed by atoms with Crippen LogP contribution in [0.2, 0.25) is 0 Å². The molecule has 2 bridgehead atoms. The second-order valence-electron chi connectivity index (χ2n) is 12.9. The summed E-state index contributed by atoms with van der Waals surface area (Å²) in [6.07, 6.45) is 12.5. The zero-order valence-corrected chi connectivity index (χ0v) is 23.9. The number of carbonyl (C=O) groups is 1. The zero-order valence-electron chi connectivity index (χ0n) is 23.1. The molecule has 0 heterocycles. The lowest BCUT2D eigenvalue weighted by Gasteiger charge is -2.46. The molecule has 0 aliphatic heterocycles. The third-order valence-electron chi connectivity index (χ3n) is 10.7. The van der Waals surface area contributed by atoms with Crippen molar-refractivity contribution in [1.29, 1.82) is 5.26 Å². The molecule has 4 fully saturated rings. The first-order valence-corrected chi connectivity index (χ1v) is 16.5. The molecule has 0 spiro atoms. The largest absolute Gasteiger partial charge is 0.460 e. The number of sulfonamides is 1. The van der Waals surface area contributed by atoms with E-state index in [4.69, 9.17) is 4.74 Å². The number of ether oxygens (including phenoxy) is 1. The number of nitriles is 1. The molecule has 5 rings (SSSR count). The number of benzene rings is 1. The fraction of sp³-hybridized carbons (Fsp3) is 0.742. The summed E-state index contributed by atoms with van der Waals surface area (Å²) < 4.78 is 37.2. The van der Waals surface area contributed by atoms with Crippen molar-refractivity contribution in [2.24, 2.45) is 16.7 Å². The lowest BCUT2D eigenvalue weighted by molar-refractivity contribution is -0.157. The normalized spacial score (nSPS) is 30.7. The fourth-order valence-electron chi connectivity index (χ4n) is 8.45. The molecule has 4 aliphatic carbocycles. The van der Waals surface area contributed by atoms with Gasteiger partial charge in [0, 0.05) is 17.5 Å². The molecule has 4 atom stereocenters. The molecule has 4 saturated carbocycles. The van der Waals surface area contributed by atoms with Gasteiger partial charge in [0.05, 0.1) is 11.8 Å². The van der Waals surface area contributed by atoms with Gasteiger partial charge in [-0.05, 0) is 61.8 Å². The van der Waals surface area contributed by atoms with E-state index < -0.39 is 33.4 Å². The van der Waals surface area contributed by atoms with Gasteiger partial charge in [-0.25, -0.2) is 8.42 Å². The molecule has 0 N–H and O–H groups in total. The quantitative estimate of drug-likeness (QED) is 0.360. The van der Waals surface area contributed by atoms with Crippen molar-refractivity contribution >= 4 is 16.0 Å². The van der Waals surface area contributed by atoms with Gasteiger partial charge >= 0.3 is 5.97 Å². The van der Waals surface area contributed by atoms with Crippen molar-refractivity contribution in [2.75, 3.05) is 5.75 Å². The summed E-state index contributed by atoms with van der Waals surface area (Å²) >= 11 is 0. The third kappa shape index (κ3) is 4.92. The molecule has 0 amide bonds. The van der Waals surface area contributed by atoms with Gasteiger partial charge in [0.15, 0.2) is 5.92 Å². The van der Waals surface area contributed by atoms with E-state index in [1.807, 2.05) is 22.5 Å². The molecule has 0 radical (unpaired) electrons. The van der Waals surface area contributed by atoms with Crippen LogP contribution in [0.5, 0.6) is 0 Å². The van der Waals surface area contributed by atoms with Gasteiger partial charge in [-0.3, -0.25) is 4.79 Å². The average molecular weight is 541 g/mol. The highest BCUT2D eigenvalue weighted by molar-refractivity contribution is 7.89. The predicted molar refractivity (Wildman–Crippen MR) is 148 cm³/mol. The van der Waals surface area contributed by atoms with Crippen molar-refractivity contribution in [2.45, 2.75) is 121 Å². The molecule has 1 unspecified atom stereocenters. The van der Waals surface area contributed by atoms with Gasteiger partial charge < -0.3 is 4.74 Å². The van der Waals surface area contributed by atoms with E-state index in [9.17, 15) is 18.5 Å². The molecular weight excluding hydrogens is 496 g/mol. The first-order chi connectivity index (χ1) is 18.2. The molecular formula is C31H44N2O4S. The molecule has 208 valence electrons. The molecule has 4 aliphatic rings. The van der Waals surface area contributed by atoms with Crippen LogP contribution in [0.1, 0.15) is 109 Å². The van der Waals surface area contributed by atoms with Crippen LogP contribution in [-0.4, -0.2) is 42.6 Å². The third-order valence-corrected chi connectivity index (χ3v) is 12.9. The number of nitrogens with zero attached hydrogens (tertiary/aromatic N) is 2. The number of esters is 1. The Kier molecular flexibility index (Phi) is 7.95. The van der Waals surface area contributed by atoms with Crippen LogP contribution in [0.4, 0.5) is 0 Å². The molecule has 38 heavy (non-hydrogen) atoms. The van der Waals surface area contributed by atoms with Gasteiger partial charge in [-0.2, -0.15) is 9.57 Å². The highest BCUT2D eigenvalue weighted by atomic mass is 32.2. The zero-order chi connectivity index (χ0) is 27.0. The van der Waals surface area contributed by atoms with Gasteiger partial charge in [-0.15, -0.1) is 0 Å². The summed E-state index contributed by atoms with van der Waals surface area (Å²) in [6, 6.07) is 11.3. The van der Waals surface area contributed by atoms with Crippen LogP contribution < -0.4 is 0 Å². The van der Waals surface area contributed by atoms with Gasteiger partial charge in [-0.1, -0.05) is 82.7 Å². The SMILES string of the molecule is CC1(C)[C@@H]2CC[C@@]1(CS(=O)(=O)N(C1CCCCC1)C1CCCCC1)[C@H](OC(=O)C(C#N)c1ccccc1)C2. The molecule has 0 aromatic heterocycles. The Morgan fingerprint density at radius 1 is 1.00 bits per heavy atom. The van der Waals surface area contributed by atoms with Crippen LogP contribution in [0, 0.1) is 28.1 Å². The van der Waals surface area contributed by atoms with Gasteiger partial charge in [0.1, 0.15) is 6.10 Å². The number of carbonyl (C=O) groups excluding carboxylic acids is 1. The Morgan fingerprint density at radius 3 is 2.11 bits per heavy atom. The lowest BCUT2D eigenvalue weighted by Crippen LogP contribution is -2.54. The first kappa shape index (κ1) is 27.6. The van der Waals surface area contributed by atoms with Crippen molar-refractivity contribution in [3.8, 4) is 6.07 Å². The van der Waals surface area contributed by atoms with E-state index in [1.54, 1.807) is 12.1 Å². The van der Waals surface area contributed by atoms with E-state index in [0.29, 0.717) is 17.9 Å². The highest BCUT2D eigenvalue weighted by Crippen LogP contribution is 2.67. The Hall–Kier alpha value is -1.91. The van der Waals surface area contributed by atoms with Crippen LogP contribution in [0.25, 0.3) is 0 Å². The second kappa shape index (κ2) is 10.9. The van der Waals surface area contributed by atoms with Crippen LogP contribution in [0.15, 0.2) is 30.3 Å². The lowest BCUT2D eigenvalue weighted by atomic mass is 9.69. The van der Waals surface area contributed by atoms with Gasteiger partial charge in [0.25, 0.3) is 0 Å². The first-order valence-electron chi connectivity index (χ1n) is 14.9. The smallest absolute Gasteiger partial charge is 0.328 e. The van der Waals surface area contributed by atoms with Crippen molar-refractivity contribution in [1.82, 2.24) is 4.31 Å². The maximum Gasteiger partial charge on any atom is 0.328 e. The Morgan fingerprint density at radius 2 is 1.58 bits per heavy atom. The minimum absolute atomic E-state index is 0.0387. The number of rotatable bonds is 8. The summed E-state index contributed by atoms with van der Waals surface area (Å²) in [5, 5.41) is 9.82. The van der Waals surface area contributed by atoms with Crippen molar-refractivity contribution in [3.63, 3.8) is 0 Å². The monoisotopic (exact) mass is 540 g/mol. The number of hydrogen-bond acceptors (Lipinski definition) is 5. The minimum atomic E-state index is -3.59. The Labute approximate surface area is 229 Å². The van der Waals surface area contributed by atoms with E-state index >= 15 is 0 Å². The summed E-state index contributed by atoms with van der Waals surface area (Å²) in [7, 11) is -3.59. The molecule has 6 nitrogen and oxygen atoms in total. The van der Waals surface area contributed by atoms with Crippen molar-refractivity contribution in [3.05, 3.63) is 35.9 Å². The maximum atomic E-state index is 14.5. The van der Waals surface area contributed by atoms with E-state index in [-0.39, 0.29) is 23.3 Å². The standard InChI is InChI=1S/C31H44N2O4S/c1-30(2)24-18-19-31(30,28(20-24)37-29(34)27(21-32)23-12-6-3-7-13-23)22-38(35,36)33(25-14-8-4-9-15-25)26-16-10-5-11-17-26/h3,6-7,12-13,24-28H,4-5,8-11,14-20,22H2,1-2H3/t24-,27?,28-,31-/m1/s1. The fourth-order valence-corrected chi connectivity index (χ4v) is 11.3. The van der Waals surface area contributed by atoms with Crippen molar-refractivity contribution < 1.29 is 17.9 Å². The van der Waals surface area contributed by atoms with E-state index in [1.165, 1.54) is 12.8 Å². The van der Waals surface area contributed by atoms with E-state index in [0.717, 1.165) is 64.2 Å². The Balaban J connectivity index is 1.43. The highest BCUT2D eigenvalue weighted by Gasteiger charge is 2.67. The number of fused-ring (bicyclic) bond motifs is 2. The summed E-state index contributed by atoms with van der Waals surface area (Å²) in [6.45, 7) is 4.36.